The van der Waals surface area contributed by atoms with Crippen molar-refractivity contribution in [3.63, 3.8) is 0 Å². The molecule has 0 amide bonds. The molecule has 2 heterocycles. The van der Waals surface area contributed by atoms with Crippen molar-refractivity contribution in [2.24, 2.45) is 0 Å². The summed E-state index contributed by atoms with van der Waals surface area (Å²) in [6, 6.07) is 21.5. The second-order valence-electron chi connectivity index (χ2n) is 7.20. The van der Waals surface area contributed by atoms with Crippen LogP contribution in [0.5, 0.6) is 6.01 Å². The summed E-state index contributed by atoms with van der Waals surface area (Å²) in [5, 5.41) is 19.2. The van der Waals surface area contributed by atoms with Crippen molar-refractivity contribution in [1.82, 2.24) is 9.55 Å². The van der Waals surface area contributed by atoms with Crippen LogP contribution in [0, 0.1) is 0 Å². The number of aromatic nitrogens is 2. The molecule has 0 saturated carbocycles. The number of fused-ring (bicyclic) bond motifs is 2. The molecule has 0 unspecified atom stereocenters. The summed E-state index contributed by atoms with van der Waals surface area (Å²) in [6.07, 6.45) is 2.40. The van der Waals surface area contributed by atoms with E-state index in [0.29, 0.717) is 11.0 Å². The van der Waals surface area contributed by atoms with Gasteiger partial charge in [-0.15, -0.1) is 0 Å². The minimum Gasteiger partial charge on any atom is -0.480 e. The zero-order valence-corrected chi connectivity index (χ0v) is 15.9. The molecule has 30 heavy (non-hydrogen) atoms. The van der Waals surface area contributed by atoms with Crippen LogP contribution in [0.2, 0.25) is 0 Å². The van der Waals surface area contributed by atoms with E-state index in [1.54, 1.807) is 12.3 Å². The molecule has 0 atom stereocenters. The number of hydrogen-bond donors (Lipinski definition) is 2. The van der Waals surface area contributed by atoms with Crippen molar-refractivity contribution >= 4 is 17.0 Å². The monoisotopic (exact) mass is 398 g/mol. The molecule has 5 rings (SSSR count). The maximum absolute atomic E-state index is 11.1. The number of carbonyl (C=O) groups is 1. The van der Waals surface area contributed by atoms with Gasteiger partial charge in [-0.1, -0.05) is 36.4 Å². The highest BCUT2D eigenvalue weighted by Crippen LogP contribution is 2.41. The smallest absolute Gasteiger partial charge is 0.323 e. The van der Waals surface area contributed by atoms with Crippen LogP contribution in [0.1, 0.15) is 11.1 Å². The zero-order chi connectivity index (χ0) is 20.7. The van der Waals surface area contributed by atoms with Crippen molar-refractivity contribution < 1.29 is 19.4 Å². The first-order valence-corrected chi connectivity index (χ1v) is 9.54. The Kier molecular flexibility index (Phi) is 4.25. The fourth-order valence-electron chi connectivity index (χ4n) is 3.95. The van der Waals surface area contributed by atoms with E-state index >= 15 is 0 Å². The Morgan fingerprint density at radius 1 is 1.00 bits per heavy atom. The van der Waals surface area contributed by atoms with Gasteiger partial charge in [-0.3, -0.25) is 9.36 Å². The van der Waals surface area contributed by atoms with Gasteiger partial charge >= 0.3 is 5.97 Å². The van der Waals surface area contributed by atoms with Gasteiger partial charge in [0.05, 0.1) is 17.3 Å². The van der Waals surface area contributed by atoms with E-state index in [2.05, 4.69) is 23.2 Å². The molecule has 1 aromatic heterocycles. The van der Waals surface area contributed by atoms with Crippen LogP contribution in [-0.4, -0.2) is 25.7 Å². The normalized spacial score (nSPS) is 11.3. The van der Waals surface area contributed by atoms with Crippen LogP contribution in [0.15, 0.2) is 77.4 Å². The van der Waals surface area contributed by atoms with Gasteiger partial charge in [-0.2, -0.15) is 4.98 Å². The Balaban J connectivity index is 1.66. The molecular weight excluding hydrogens is 380 g/mol. The van der Waals surface area contributed by atoms with Crippen LogP contribution >= 0.6 is 0 Å². The van der Waals surface area contributed by atoms with E-state index in [1.165, 1.54) is 10.1 Å². The van der Waals surface area contributed by atoms with E-state index in [4.69, 9.17) is 9.52 Å². The van der Waals surface area contributed by atoms with E-state index in [-0.39, 0.29) is 12.6 Å². The maximum Gasteiger partial charge on any atom is 0.323 e. The van der Waals surface area contributed by atoms with Crippen LogP contribution in [0.3, 0.4) is 0 Å². The van der Waals surface area contributed by atoms with E-state index in [9.17, 15) is 9.90 Å². The second kappa shape index (κ2) is 7.08. The first kappa shape index (κ1) is 18.0. The third-order valence-electron chi connectivity index (χ3n) is 5.23. The molecule has 1 aliphatic carbocycles. The number of carboxylic acid groups (broad SMARTS) is 1. The van der Waals surface area contributed by atoms with Crippen LogP contribution in [0.25, 0.3) is 33.5 Å². The van der Waals surface area contributed by atoms with Gasteiger partial charge < -0.3 is 14.6 Å². The predicted octanol–water partition coefficient (Wildman–Crippen LogP) is 4.78. The lowest BCUT2D eigenvalue weighted by Gasteiger charge is -2.08. The quantitative estimate of drug-likeness (QED) is 0.445. The predicted molar refractivity (Wildman–Crippen MR) is 113 cm³/mol. The summed E-state index contributed by atoms with van der Waals surface area (Å²) in [7, 11) is 0. The number of carboxylic acids is 1. The molecule has 2 N–H and O–H groups in total. The van der Waals surface area contributed by atoms with E-state index in [1.807, 2.05) is 42.5 Å². The van der Waals surface area contributed by atoms with Crippen LogP contribution in [-0.2, 0) is 17.8 Å². The van der Waals surface area contributed by atoms with Crippen molar-refractivity contribution in [3.8, 4) is 28.5 Å². The lowest BCUT2D eigenvalue weighted by molar-refractivity contribution is -0.137. The molecule has 3 aromatic rings. The van der Waals surface area contributed by atoms with Gasteiger partial charge in [0.2, 0.25) is 0 Å². The maximum atomic E-state index is 11.1. The van der Waals surface area contributed by atoms with E-state index < -0.39 is 5.97 Å². The zero-order valence-electron chi connectivity index (χ0n) is 15.9. The van der Waals surface area contributed by atoms with E-state index in [0.717, 1.165) is 34.4 Å². The lowest BCUT2D eigenvalue weighted by Crippen LogP contribution is -2.07. The number of hydrogen-bond acceptors (Lipinski definition) is 4. The highest BCUT2D eigenvalue weighted by Gasteiger charge is 2.21. The average Bonchev–Trinajstić information content (AvgIpc) is 3.25. The number of nitrogens with zero attached hydrogens (tertiary/aromatic N) is 2. The van der Waals surface area contributed by atoms with Gasteiger partial charge in [-0.25, -0.2) is 0 Å². The van der Waals surface area contributed by atoms with Gasteiger partial charge in [0.15, 0.2) is 0 Å². The molecule has 0 saturated heterocycles. The van der Waals surface area contributed by atoms with Crippen molar-refractivity contribution in [2.75, 3.05) is 0 Å². The molecular formula is C24H18N2O4. The number of benzene rings is 2. The Morgan fingerprint density at radius 2 is 1.83 bits per heavy atom. The standard InChI is InChI=1S/C24H18N2O4/c27-21(28)14-26-20-9-8-16(13-19(20)25-24(26)29)22-18(11-15-5-2-1-3-6-15)12-17-7-4-10-30-23(17)22/h1-10,12-13H,11,14H2,(H,25,29)(H,27,28). The summed E-state index contributed by atoms with van der Waals surface area (Å²) in [4.78, 5) is 15.3. The highest BCUT2D eigenvalue weighted by molar-refractivity contribution is 5.91. The molecule has 148 valence electrons. The van der Waals surface area contributed by atoms with Crippen LogP contribution in [0.4, 0.5) is 0 Å². The number of imidazole rings is 1. The van der Waals surface area contributed by atoms with Gasteiger partial charge in [-0.05, 0) is 53.4 Å². The second-order valence-corrected chi connectivity index (χ2v) is 7.20. The molecule has 2 aromatic carbocycles. The van der Waals surface area contributed by atoms with Gasteiger partial charge in [0.25, 0.3) is 6.01 Å². The summed E-state index contributed by atoms with van der Waals surface area (Å²) in [5.41, 5.74) is 6.30. The largest absolute Gasteiger partial charge is 0.480 e. The third kappa shape index (κ3) is 3.08. The molecule has 0 spiro atoms. The summed E-state index contributed by atoms with van der Waals surface area (Å²) < 4.78 is 7.13. The third-order valence-corrected chi connectivity index (χ3v) is 5.23. The Labute approximate surface area is 172 Å². The van der Waals surface area contributed by atoms with Gasteiger partial charge in [0.1, 0.15) is 12.3 Å². The average molecular weight is 398 g/mol. The number of rotatable bonds is 5. The summed E-state index contributed by atoms with van der Waals surface area (Å²) in [5.74, 6) is -0.253. The molecule has 1 aliphatic heterocycles. The number of aromatic hydroxyl groups is 1. The molecule has 6 nitrogen and oxygen atoms in total. The van der Waals surface area contributed by atoms with Crippen molar-refractivity contribution in [2.45, 2.75) is 13.0 Å². The summed E-state index contributed by atoms with van der Waals surface area (Å²) in [6.45, 7) is -0.352. The Morgan fingerprint density at radius 3 is 2.63 bits per heavy atom. The van der Waals surface area contributed by atoms with Crippen molar-refractivity contribution in [3.05, 3.63) is 84.1 Å². The fourth-order valence-corrected chi connectivity index (χ4v) is 3.95. The minimum atomic E-state index is -1.04. The topological polar surface area (TPSA) is 88.5 Å². The number of aliphatic carboxylic acids is 1. The molecule has 0 fully saturated rings. The fraction of sp³-hybridized carbons (Fsp3) is 0.0833. The van der Waals surface area contributed by atoms with Crippen LogP contribution < -0.4 is 0 Å². The molecule has 2 aliphatic rings. The van der Waals surface area contributed by atoms with Crippen molar-refractivity contribution in [1.29, 1.82) is 0 Å². The first-order chi connectivity index (χ1) is 14.6. The highest BCUT2D eigenvalue weighted by atomic mass is 16.4. The van der Waals surface area contributed by atoms with Gasteiger partial charge in [0, 0.05) is 11.1 Å². The molecule has 0 bridgehead atoms. The lowest BCUT2D eigenvalue weighted by atomic mass is 9.98. The Bertz CT molecular complexity index is 1330. The molecule has 6 heteroatoms. The minimum absolute atomic E-state index is 0.314. The summed E-state index contributed by atoms with van der Waals surface area (Å²) >= 11 is 0. The Hall–Kier alpha value is -4.06. The SMILES string of the molecule is O=C(O)Cn1c(O)nc2cc(-c3c(Cc4ccccc4)cc4cccoc3-4)ccc21. The molecule has 0 radical (unpaired) electrons. The first-order valence-electron chi connectivity index (χ1n) is 9.54.